The zero-order valence-corrected chi connectivity index (χ0v) is 17.9. The molecule has 1 N–H and O–H groups in total. The Morgan fingerprint density at radius 1 is 1.13 bits per heavy atom. The van der Waals surface area contributed by atoms with Gasteiger partial charge in [0.2, 0.25) is 5.91 Å². The van der Waals surface area contributed by atoms with Gasteiger partial charge in [-0.05, 0) is 60.4 Å². The van der Waals surface area contributed by atoms with Crippen LogP contribution in [-0.2, 0) is 24.2 Å². The molecule has 0 fully saturated rings. The number of benzene rings is 2. The summed E-state index contributed by atoms with van der Waals surface area (Å²) in [5, 5.41) is 10.4. The van der Waals surface area contributed by atoms with Crippen LogP contribution in [0.25, 0.3) is 10.1 Å². The summed E-state index contributed by atoms with van der Waals surface area (Å²) < 4.78 is 12.3. The molecule has 4 rings (SSSR count). The molecular weight excluding hydrogens is 396 g/mol. The monoisotopic (exact) mass is 420 g/mol. The predicted molar refractivity (Wildman–Crippen MR) is 119 cm³/mol. The second kappa shape index (κ2) is 9.13. The van der Waals surface area contributed by atoms with Crippen LogP contribution in [0.15, 0.2) is 58.4 Å². The van der Waals surface area contributed by atoms with Gasteiger partial charge in [0.15, 0.2) is 0 Å². The van der Waals surface area contributed by atoms with Gasteiger partial charge in [-0.25, -0.2) is 0 Å². The average Bonchev–Trinajstić information content (AvgIpc) is 3.31. The first-order valence-corrected chi connectivity index (χ1v) is 10.8. The Morgan fingerprint density at radius 2 is 1.93 bits per heavy atom. The number of hydrogen-bond donors (Lipinski definition) is 1. The van der Waals surface area contributed by atoms with E-state index in [0.29, 0.717) is 19.6 Å². The van der Waals surface area contributed by atoms with Gasteiger partial charge >= 0.3 is 0 Å². The zero-order valence-electron chi connectivity index (χ0n) is 17.1. The average molecular weight is 421 g/mol. The highest BCUT2D eigenvalue weighted by Gasteiger charge is 2.10. The third-order valence-corrected chi connectivity index (χ3v) is 6.14. The van der Waals surface area contributed by atoms with Crippen LogP contribution in [0.4, 0.5) is 0 Å². The summed E-state index contributed by atoms with van der Waals surface area (Å²) >= 11 is 1.75. The molecule has 5 nitrogen and oxygen atoms in total. The van der Waals surface area contributed by atoms with Crippen molar-refractivity contribution in [3.8, 4) is 5.75 Å². The Hall–Kier alpha value is -3.12. The summed E-state index contributed by atoms with van der Waals surface area (Å²) in [6, 6.07) is 16.0. The van der Waals surface area contributed by atoms with Gasteiger partial charge in [-0.1, -0.05) is 35.5 Å². The second-order valence-electron chi connectivity index (χ2n) is 7.27. The van der Waals surface area contributed by atoms with Gasteiger partial charge < -0.3 is 14.6 Å². The highest BCUT2D eigenvalue weighted by atomic mass is 32.1. The summed E-state index contributed by atoms with van der Waals surface area (Å²) in [5.41, 5.74) is 4.06. The second-order valence-corrected chi connectivity index (χ2v) is 8.18. The summed E-state index contributed by atoms with van der Waals surface area (Å²) in [6.45, 7) is 4.83. The summed E-state index contributed by atoms with van der Waals surface area (Å²) in [4.78, 5) is 12.3. The molecule has 0 radical (unpaired) electrons. The third-order valence-electron chi connectivity index (χ3n) is 5.13. The number of hydrogen-bond acceptors (Lipinski definition) is 5. The molecule has 2 aromatic carbocycles. The molecule has 1 amide bonds. The minimum absolute atomic E-state index is 0.0268. The van der Waals surface area contributed by atoms with Crippen LogP contribution >= 0.6 is 11.3 Å². The van der Waals surface area contributed by atoms with E-state index < -0.39 is 0 Å². The van der Waals surface area contributed by atoms with E-state index in [1.807, 2.05) is 38.1 Å². The zero-order chi connectivity index (χ0) is 20.9. The van der Waals surface area contributed by atoms with Crippen molar-refractivity contribution in [1.82, 2.24) is 10.5 Å². The molecule has 4 aromatic rings. The van der Waals surface area contributed by atoms with Crippen LogP contribution in [0.1, 0.15) is 28.1 Å². The maximum absolute atomic E-state index is 12.3. The molecule has 0 aliphatic rings. The molecule has 0 unspecified atom stereocenters. The van der Waals surface area contributed by atoms with Crippen LogP contribution < -0.4 is 10.1 Å². The normalized spacial score (nSPS) is 11.0. The molecule has 6 heteroatoms. The topological polar surface area (TPSA) is 64.4 Å². The molecule has 0 saturated carbocycles. The van der Waals surface area contributed by atoms with Crippen LogP contribution in [0.2, 0.25) is 0 Å². The number of carbonyl (C=O) groups excluding carboxylic acids is 1. The van der Waals surface area contributed by atoms with E-state index in [0.717, 1.165) is 34.8 Å². The molecule has 0 aliphatic heterocycles. The van der Waals surface area contributed by atoms with Crippen LogP contribution in [-0.4, -0.2) is 17.6 Å². The van der Waals surface area contributed by atoms with Gasteiger partial charge in [-0.15, -0.1) is 11.3 Å². The number of aryl methyl sites for hydroxylation is 2. The first-order valence-electron chi connectivity index (χ1n) is 9.95. The third kappa shape index (κ3) is 4.71. The van der Waals surface area contributed by atoms with E-state index in [1.165, 1.54) is 15.6 Å². The van der Waals surface area contributed by atoms with Crippen LogP contribution in [0.3, 0.4) is 0 Å². The van der Waals surface area contributed by atoms with Crippen molar-refractivity contribution in [2.75, 3.05) is 6.54 Å². The largest absolute Gasteiger partial charge is 0.489 e. The SMILES string of the molecule is Cc1noc(C)c1COc1ccc(CC(=O)NCCc2csc3ccccc23)cc1. The van der Waals surface area contributed by atoms with Crippen molar-refractivity contribution < 1.29 is 14.1 Å². The van der Waals surface area contributed by atoms with Gasteiger partial charge in [-0.2, -0.15) is 0 Å². The minimum Gasteiger partial charge on any atom is -0.489 e. The van der Waals surface area contributed by atoms with Gasteiger partial charge in [-0.3, -0.25) is 4.79 Å². The lowest BCUT2D eigenvalue weighted by Gasteiger charge is -2.08. The number of ether oxygens (including phenoxy) is 1. The van der Waals surface area contributed by atoms with Crippen molar-refractivity contribution in [3.63, 3.8) is 0 Å². The van der Waals surface area contributed by atoms with E-state index in [-0.39, 0.29) is 5.91 Å². The van der Waals surface area contributed by atoms with Crippen molar-refractivity contribution in [2.45, 2.75) is 33.3 Å². The number of thiophene rings is 1. The molecule has 0 spiro atoms. The Labute approximate surface area is 179 Å². The van der Waals surface area contributed by atoms with Crippen molar-refractivity contribution in [2.24, 2.45) is 0 Å². The fraction of sp³-hybridized carbons (Fsp3) is 0.250. The van der Waals surface area contributed by atoms with Crippen LogP contribution in [0.5, 0.6) is 5.75 Å². The highest BCUT2D eigenvalue weighted by molar-refractivity contribution is 7.17. The predicted octanol–water partition coefficient (Wildman–Crippen LogP) is 4.99. The van der Waals surface area contributed by atoms with Gasteiger partial charge in [0.25, 0.3) is 0 Å². The lowest BCUT2D eigenvalue weighted by atomic mass is 10.1. The minimum atomic E-state index is 0.0268. The molecule has 0 aliphatic carbocycles. The van der Waals surface area contributed by atoms with E-state index in [2.05, 4.69) is 40.1 Å². The lowest BCUT2D eigenvalue weighted by Crippen LogP contribution is -2.27. The standard InChI is InChI=1S/C24H24N2O3S/c1-16-22(17(2)29-26-16)14-28-20-9-7-18(8-10-20)13-24(27)25-12-11-19-15-30-23-6-4-3-5-21(19)23/h3-10,15H,11-14H2,1-2H3,(H,25,27). The summed E-state index contributed by atoms with van der Waals surface area (Å²) in [5.74, 6) is 1.55. The summed E-state index contributed by atoms with van der Waals surface area (Å²) in [7, 11) is 0. The molecule has 2 aromatic heterocycles. The fourth-order valence-corrected chi connectivity index (χ4v) is 4.38. The molecule has 154 valence electrons. The number of amides is 1. The van der Waals surface area contributed by atoms with E-state index in [4.69, 9.17) is 9.26 Å². The van der Waals surface area contributed by atoms with Gasteiger partial charge in [0.1, 0.15) is 18.1 Å². The van der Waals surface area contributed by atoms with Crippen molar-refractivity contribution >= 4 is 27.3 Å². The molecule has 0 bridgehead atoms. The Bertz CT molecular complexity index is 1130. The number of aromatic nitrogens is 1. The molecule has 0 atom stereocenters. The number of nitrogens with zero attached hydrogens (tertiary/aromatic N) is 1. The Kier molecular flexibility index (Phi) is 6.14. The number of carbonyl (C=O) groups is 1. The molecule has 2 heterocycles. The maximum Gasteiger partial charge on any atom is 0.224 e. The Morgan fingerprint density at radius 3 is 2.70 bits per heavy atom. The smallest absolute Gasteiger partial charge is 0.224 e. The first kappa shape index (κ1) is 20.2. The highest BCUT2D eigenvalue weighted by Crippen LogP contribution is 2.25. The van der Waals surface area contributed by atoms with Crippen molar-refractivity contribution in [3.05, 3.63) is 82.1 Å². The Balaban J connectivity index is 1.24. The van der Waals surface area contributed by atoms with E-state index >= 15 is 0 Å². The molecule has 30 heavy (non-hydrogen) atoms. The molecular formula is C24H24N2O3S. The van der Waals surface area contributed by atoms with E-state index in [9.17, 15) is 4.79 Å². The first-order chi connectivity index (χ1) is 14.6. The van der Waals surface area contributed by atoms with Gasteiger partial charge in [0, 0.05) is 11.2 Å². The number of fused-ring (bicyclic) bond motifs is 1. The van der Waals surface area contributed by atoms with Crippen LogP contribution in [0, 0.1) is 13.8 Å². The number of nitrogens with one attached hydrogen (secondary N) is 1. The summed E-state index contributed by atoms with van der Waals surface area (Å²) in [6.07, 6.45) is 1.19. The quantitative estimate of drug-likeness (QED) is 0.436. The lowest BCUT2D eigenvalue weighted by molar-refractivity contribution is -0.120. The molecule has 0 saturated heterocycles. The number of rotatable bonds is 8. The van der Waals surface area contributed by atoms with Crippen molar-refractivity contribution in [1.29, 1.82) is 0 Å². The maximum atomic E-state index is 12.3. The van der Waals surface area contributed by atoms with Gasteiger partial charge in [0.05, 0.1) is 17.7 Å². The fourth-order valence-electron chi connectivity index (χ4n) is 3.38. The van der Waals surface area contributed by atoms with E-state index in [1.54, 1.807) is 11.3 Å².